The molecular formula is C28H38FN3O3S. The molecule has 196 valence electrons. The maximum absolute atomic E-state index is 14.3. The van der Waals surface area contributed by atoms with Gasteiger partial charge in [0.2, 0.25) is 0 Å². The van der Waals surface area contributed by atoms with E-state index in [1.54, 1.807) is 23.7 Å². The molecule has 1 aromatic heterocycles. The zero-order valence-electron chi connectivity index (χ0n) is 22.1. The number of thiazole rings is 1. The first-order valence-corrected chi connectivity index (χ1v) is 13.7. The first-order valence-electron chi connectivity index (χ1n) is 12.8. The molecule has 8 heteroatoms. The Morgan fingerprint density at radius 1 is 1.28 bits per heavy atom. The number of amides is 1. The van der Waals surface area contributed by atoms with Gasteiger partial charge in [0.1, 0.15) is 11.5 Å². The van der Waals surface area contributed by atoms with Crippen molar-refractivity contribution in [1.29, 1.82) is 0 Å². The van der Waals surface area contributed by atoms with Gasteiger partial charge in [-0.2, -0.15) is 0 Å². The molecule has 1 aromatic carbocycles. The lowest BCUT2D eigenvalue weighted by atomic mass is 9.89. The van der Waals surface area contributed by atoms with Crippen molar-refractivity contribution in [3.63, 3.8) is 0 Å². The van der Waals surface area contributed by atoms with E-state index in [1.165, 1.54) is 6.07 Å². The fraction of sp³-hybridized carbons (Fsp3) is 0.571. The van der Waals surface area contributed by atoms with Crippen molar-refractivity contribution in [2.24, 2.45) is 0 Å². The molecule has 36 heavy (non-hydrogen) atoms. The summed E-state index contributed by atoms with van der Waals surface area (Å²) in [4.78, 5) is 22.0. The van der Waals surface area contributed by atoms with E-state index >= 15 is 0 Å². The lowest BCUT2D eigenvalue weighted by Crippen LogP contribution is -2.58. The van der Waals surface area contributed by atoms with Crippen molar-refractivity contribution in [1.82, 2.24) is 14.8 Å². The second kappa shape index (κ2) is 11.0. The Kier molecular flexibility index (Phi) is 8.17. The van der Waals surface area contributed by atoms with Crippen molar-refractivity contribution in [2.45, 2.75) is 71.1 Å². The van der Waals surface area contributed by atoms with Crippen LogP contribution in [0.2, 0.25) is 0 Å². The van der Waals surface area contributed by atoms with Crippen molar-refractivity contribution in [3.05, 3.63) is 57.5 Å². The SMILES string of the molecule is CC(C)c1nc(C(=O)N2CCOC3(CCN(Cc4ccc(F)c(/C=C/OC(C)(C)C)c4)CC3)C2)cs1. The van der Waals surface area contributed by atoms with Gasteiger partial charge in [-0.3, -0.25) is 9.69 Å². The van der Waals surface area contributed by atoms with Crippen molar-refractivity contribution < 1.29 is 18.7 Å². The number of carbonyl (C=O) groups is 1. The van der Waals surface area contributed by atoms with Gasteiger partial charge >= 0.3 is 0 Å². The fourth-order valence-electron chi connectivity index (χ4n) is 4.64. The third-order valence-corrected chi connectivity index (χ3v) is 7.82. The van der Waals surface area contributed by atoms with Gasteiger partial charge in [-0.1, -0.05) is 19.9 Å². The molecule has 4 rings (SSSR count). The molecule has 6 nitrogen and oxygen atoms in total. The smallest absolute Gasteiger partial charge is 0.273 e. The summed E-state index contributed by atoms with van der Waals surface area (Å²) in [6.45, 7) is 14.3. The number of ether oxygens (including phenoxy) is 2. The van der Waals surface area contributed by atoms with E-state index in [9.17, 15) is 9.18 Å². The summed E-state index contributed by atoms with van der Waals surface area (Å²) >= 11 is 1.55. The molecule has 1 amide bonds. The molecule has 2 aliphatic heterocycles. The van der Waals surface area contributed by atoms with Crippen LogP contribution in [0.1, 0.15) is 80.0 Å². The number of nitrogens with zero attached hydrogens (tertiary/aromatic N) is 3. The third kappa shape index (κ3) is 6.72. The van der Waals surface area contributed by atoms with Gasteiger partial charge in [0.15, 0.2) is 0 Å². The second-order valence-electron chi connectivity index (χ2n) is 11.1. The molecule has 0 N–H and O–H groups in total. The van der Waals surface area contributed by atoms with Crippen LogP contribution in [0.4, 0.5) is 4.39 Å². The summed E-state index contributed by atoms with van der Waals surface area (Å²) in [5.41, 5.74) is 1.52. The fourth-order valence-corrected chi connectivity index (χ4v) is 5.45. The predicted octanol–water partition coefficient (Wildman–Crippen LogP) is 5.70. The molecular weight excluding hydrogens is 477 g/mol. The third-order valence-electron chi connectivity index (χ3n) is 6.67. The quantitative estimate of drug-likeness (QED) is 0.462. The minimum atomic E-state index is -0.313. The topological polar surface area (TPSA) is 54.9 Å². The predicted molar refractivity (Wildman–Crippen MR) is 142 cm³/mol. The van der Waals surface area contributed by atoms with Gasteiger partial charge in [0.05, 0.1) is 35.6 Å². The average molecular weight is 516 g/mol. The van der Waals surface area contributed by atoms with Crippen LogP contribution in [0.15, 0.2) is 29.8 Å². The molecule has 0 aliphatic carbocycles. The number of rotatable bonds is 6. The standard InChI is InChI=1S/C28H38FN3O3S/c1-20(2)25-30-24(18-36-25)26(33)32-13-15-35-28(19-32)9-11-31(12-10-28)17-21-6-7-23(29)22(16-21)8-14-34-27(3,4)5/h6-8,14,16,18,20H,9-13,15,17,19H2,1-5H3/b14-8+. The van der Waals surface area contributed by atoms with E-state index in [0.29, 0.717) is 36.9 Å². The molecule has 0 bridgehead atoms. The number of benzene rings is 1. The summed E-state index contributed by atoms with van der Waals surface area (Å²) in [5.74, 6) is 0.0682. The van der Waals surface area contributed by atoms with Crippen LogP contribution in [-0.2, 0) is 16.0 Å². The number of piperidine rings is 1. The Labute approximate surface area is 218 Å². The van der Waals surface area contributed by atoms with E-state index in [2.05, 4.69) is 23.7 Å². The van der Waals surface area contributed by atoms with Crippen LogP contribution in [-0.4, -0.2) is 64.7 Å². The highest BCUT2D eigenvalue weighted by Gasteiger charge is 2.41. The van der Waals surface area contributed by atoms with E-state index in [0.717, 1.165) is 43.0 Å². The molecule has 2 saturated heterocycles. The number of likely N-dealkylation sites (tertiary alicyclic amines) is 1. The van der Waals surface area contributed by atoms with Gasteiger partial charge < -0.3 is 14.4 Å². The van der Waals surface area contributed by atoms with E-state index in [4.69, 9.17) is 9.47 Å². The number of hydrogen-bond donors (Lipinski definition) is 0. The Balaban J connectivity index is 1.34. The normalized spacial score (nSPS) is 18.9. The Hall–Kier alpha value is -2.29. The number of hydrogen-bond acceptors (Lipinski definition) is 6. The number of carbonyl (C=O) groups excluding carboxylic acids is 1. The van der Waals surface area contributed by atoms with E-state index in [-0.39, 0.29) is 22.9 Å². The van der Waals surface area contributed by atoms with Gasteiger partial charge in [-0.25, -0.2) is 9.37 Å². The van der Waals surface area contributed by atoms with Crippen molar-refractivity contribution in [3.8, 4) is 0 Å². The number of halogens is 1. The summed E-state index contributed by atoms with van der Waals surface area (Å²) in [6.07, 6.45) is 4.97. The summed E-state index contributed by atoms with van der Waals surface area (Å²) in [7, 11) is 0. The van der Waals surface area contributed by atoms with E-state index < -0.39 is 0 Å². The molecule has 1 spiro atoms. The van der Waals surface area contributed by atoms with Crippen LogP contribution in [0.5, 0.6) is 0 Å². The largest absolute Gasteiger partial charge is 0.496 e. The molecule has 2 aromatic rings. The van der Waals surface area contributed by atoms with Crippen LogP contribution in [0.3, 0.4) is 0 Å². The summed E-state index contributed by atoms with van der Waals surface area (Å²) in [6, 6.07) is 5.26. The van der Waals surface area contributed by atoms with Gasteiger partial charge in [-0.15, -0.1) is 11.3 Å². The molecule has 2 aliphatic rings. The van der Waals surface area contributed by atoms with Crippen LogP contribution in [0.25, 0.3) is 6.08 Å². The van der Waals surface area contributed by atoms with Gasteiger partial charge in [0, 0.05) is 43.0 Å². The maximum Gasteiger partial charge on any atom is 0.273 e. The molecule has 0 radical (unpaired) electrons. The Morgan fingerprint density at radius 2 is 2.03 bits per heavy atom. The highest BCUT2D eigenvalue weighted by molar-refractivity contribution is 7.09. The van der Waals surface area contributed by atoms with Crippen LogP contribution >= 0.6 is 11.3 Å². The summed E-state index contributed by atoms with van der Waals surface area (Å²) in [5, 5.41) is 2.87. The molecule has 2 fully saturated rings. The van der Waals surface area contributed by atoms with Gasteiger partial charge in [0.25, 0.3) is 5.91 Å². The average Bonchev–Trinajstić information content (AvgIpc) is 3.32. The first kappa shape index (κ1) is 26.8. The monoisotopic (exact) mass is 515 g/mol. The van der Waals surface area contributed by atoms with Crippen molar-refractivity contribution >= 4 is 23.3 Å². The van der Waals surface area contributed by atoms with E-state index in [1.807, 2.05) is 43.2 Å². The maximum atomic E-state index is 14.3. The highest BCUT2D eigenvalue weighted by Crippen LogP contribution is 2.32. The first-order chi connectivity index (χ1) is 17.0. The zero-order chi connectivity index (χ0) is 25.9. The molecule has 0 atom stereocenters. The minimum absolute atomic E-state index is 0.00518. The Morgan fingerprint density at radius 3 is 2.69 bits per heavy atom. The second-order valence-corrected chi connectivity index (χ2v) is 12.0. The number of morpholine rings is 1. The summed E-state index contributed by atoms with van der Waals surface area (Å²) < 4.78 is 26.2. The van der Waals surface area contributed by atoms with Crippen LogP contribution < -0.4 is 0 Å². The molecule has 0 unspecified atom stereocenters. The Bertz CT molecular complexity index is 1080. The van der Waals surface area contributed by atoms with Gasteiger partial charge in [-0.05, 0) is 57.4 Å². The molecule has 0 saturated carbocycles. The number of aromatic nitrogens is 1. The lowest BCUT2D eigenvalue weighted by Gasteiger charge is -2.47. The van der Waals surface area contributed by atoms with Crippen molar-refractivity contribution in [2.75, 3.05) is 32.8 Å². The zero-order valence-corrected chi connectivity index (χ0v) is 22.9. The minimum Gasteiger partial charge on any atom is -0.496 e. The highest BCUT2D eigenvalue weighted by atomic mass is 32.1. The lowest BCUT2D eigenvalue weighted by molar-refractivity contribution is -0.128. The molecule has 3 heterocycles. The van der Waals surface area contributed by atoms with Crippen LogP contribution in [0, 0.1) is 5.82 Å².